The van der Waals surface area contributed by atoms with Crippen molar-refractivity contribution in [3.05, 3.63) is 18.2 Å². The van der Waals surface area contributed by atoms with Crippen molar-refractivity contribution in [1.82, 2.24) is 9.97 Å². The van der Waals surface area contributed by atoms with Gasteiger partial charge in [0.1, 0.15) is 6.10 Å². The summed E-state index contributed by atoms with van der Waals surface area (Å²) in [6.45, 7) is 0. The van der Waals surface area contributed by atoms with Gasteiger partial charge in [0, 0.05) is 5.69 Å². The number of benzene rings is 1. The molecule has 1 saturated carbocycles. The first kappa shape index (κ1) is 10.4. The second kappa shape index (κ2) is 4.28. The number of aromatic nitrogens is 2. The summed E-state index contributed by atoms with van der Waals surface area (Å²) in [5.74, 6) is 0. The molecule has 0 spiro atoms. The Morgan fingerprint density at radius 3 is 2.88 bits per heavy atom. The lowest BCUT2D eigenvalue weighted by molar-refractivity contribution is 0.143. The molecule has 1 aliphatic carbocycles. The molecule has 0 radical (unpaired) electrons. The van der Waals surface area contributed by atoms with Crippen molar-refractivity contribution in [3.63, 3.8) is 0 Å². The molecule has 3 rings (SSSR count). The molecule has 1 aliphatic rings. The van der Waals surface area contributed by atoms with Crippen LogP contribution in [0.15, 0.2) is 18.2 Å². The number of ether oxygens (including phenoxy) is 1. The number of fused-ring (bicyclic) bond motifs is 1. The normalized spacial score (nSPS) is 17.4. The number of hydrogen-bond donors (Lipinski definition) is 2. The number of anilines is 1. The van der Waals surface area contributed by atoms with Crippen molar-refractivity contribution in [2.75, 3.05) is 5.73 Å². The molecule has 4 nitrogen and oxygen atoms in total. The third-order valence-corrected chi connectivity index (χ3v) is 3.31. The minimum Gasteiger partial charge on any atom is -0.461 e. The number of nitrogen functional groups attached to an aromatic ring is 1. The van der Waals surface area contributed by atoms with Gasteiger partial charge in [0.25, 0.3) is 6.01 Å². The molecule has 90 valence electrons. The highest BCUT2D eigenvalue weighted by molar-refractivity contribution is 5.79. The van der Waals surface area contributed by atoms with Crippen molar-refractivity contribution < 1.29 is 4.74 Å². The van der Waals surface area contributed by atoms with Gasteiger partial charge in [0.2, 0.25) is 0 Å². The highest BCUT2D eigenvalue weighted by atomic mass is 16.5. The second-order valence-corrected chi connectivity index (χ2v) is 4.70. The van der Waals surface area contributed by atoms with Crippen molar-refractivity contribution in [1.29, 1.82) is 0 Å². The zero-order valence-corrected chi connectivity index (χ0v) is 9.78. The molecule has 4 heteroatoms. The van der Waals surface area contributed by atoms with Crippen molar-refractivity contribution in [3.8, 4) is 6.01 Å². The molecule has 1 heterocycles. The summed E-state index contributed by atoms with van der Waals surface area (Å²) in [7, 11) is 0. The van der Waals surface area contributed by atoms with E-state index in [2.05, 4.69) is 9.97 Å². The molecule has 17 heavy (non-hydrogen) atoms. The van der Waals surface area contributed by atoms with Crippen LogP contribution < -0.4 is 10.5 Å². The molecule has 1 fully saturated rings. The third kappa shape index (κ3) is 2.20. The predicted octanol–water partition coefficient (Wildman–Crippen LogP) is 2.86. The zero-order valence-electron chi connectivity index (χ0n) is 9.78. The Morgan fingerprint density at radius 1 is 1.24 bits per heavy atom. The Bertz CT molecular complexity index is 514. The highest BCUT2D eigenvalue weighted by Gasteiger charge is 2.16. The summed E-state index contributed by atoms with van der Waals surface area (Å²) >= 11 is 0. The first-order chi connectivity index (χ1) is 8.31. The van der Waals surface area contributed by atoms with Gasteiger partial charge >= 0.3 is 0 Å². The maximum Gasteiger partial charge on any atom is 0.294 e. The monoisotopic (exact) mass is 231 g/mol. The number of rotatable bonds is 2. The topological polar surface area (TPSA) is 63.9 Å². The number of imidazole rings is 1. The maximum absolute atomic E-state index is 5.87. The van der Waals surface area contributed by atoms with Gasteiger partial charge in [-0.05, 0) is 43.9 Å². The molecule has 0 amide bonds. The van der Waals surface area contributed by atoms with Gasteiger partial charge in [0.05, 0.1) is 11.0 Å². The number of H-pyrrole nitrogens is 1. The number of hydrogen-bond acceptors (Lipinski definition) is 3. The molecule has 2 aromatic rings. The van der Waals surface area contributed by atoms with E-state index in [4.69, 9.17) is 10.5 Å². The average molecular weight is 231 g/mol. The molecule has 3 N–H and O–H groups in total. The molecule has 0 aliphatic heterocycles. The number of nitrogens with two attached hydrogens (primary N) is 1. The van der Waals surface area contributed by atoms with E-state index in [1.54, 1.807) is 0 Å². The molecule has 1 aromatic heterocycles. The number of nitrogens with one attached hydrogen (secondary N) is 1. The molecule has 0 bridgehead atoms. The van der Waals surface area contributed by atoms with E-state index in [0.29, 0.717) is 12.1 Å². The minimum atomic E-state index is 0.321. The molecule has 0 saturated heterocycles. The van der Waals surface area contributed by atoms with Crippen LogP contribution in [0.4, 0.5) is 5.69 Å². The van der Waals surface area contributed by atoms with Crippen molar-refractivity contribution in [2.45, 2.75) is 38.2 Å². The Labute approximate surface area is 100 Å². The summed E-state index contributed by atoms with van der Waals surface area (Å²) in [5.41, 5.74) is 8.32. The zero-order chi connectivity index (χ0) is 11.7. The lowest BCUT2D eigenvalue weighted by Crippen LogP contribution is -2.20. The van der Waals surface area contributed by atoms with Crippen LogP contribution in [0.1, 0.15) is 32.1 Å². The van der Waals surface area contributed by atoms with Crippen LogP contribution in [0.5, 0.6) is 6.01 Å². The molecule has 1 aromatic carbocycles. The molecular formula is C13H17N3O. The van der Waals surface area contributed by atoms with E-state index >= 15 is 0 Å². The van der Waals surface area contributed by atoms with Crippen molar-refractivity contribution in [2.24, 2.45) is 0 Å². The van der Waals surface area contributed by atoms with E-state index in [-0.39, 0.29) is 0 Å². The summed E-state index contributed by atoms with van der Waals surface area (Å²) in [6.07, 6.45) is 6.45. The predicted molar refractivity (Wildman–Crippen MR) is 68.0 cm³/mol. The Hall–Kier alpha value is -1.71. The van der Waals surface area contributed by atoms with E-state index < -0.39 is 0 Å². The van der Waals surface area contributed by atoms with Gasteiger partial charge in [-0.3, -0.25) is 0 Å². The lowest BCUT2D eigenvalue weighted by Gasteiger charge is -2.21. The first-order valence-electron chi connectivity index (χ1n) is 6.23. The number of nitrogens with zero attached hydrogens (tertiary/aromatic N) is 1. The first-order valence-corrected chi connectivity index (χ1v) is 6.23. The van der Waals surface area contributed by atoms with Crippen LogP contribution in [0.2, 0.25) is 0 Å². The number of aromatic amines is 1. The van der Waals surface area contributed by atoms with Gasteiger partial charge in [-0.2, -0.15) is 4.98 Å². The van der Waals surface area contributed by atoms with Gasteiger partial charge in [-0.1, -0.05) is 6.42 Å². The maximum atomic E-state index is 5.87. The van der Waals surface area contributed by atoms with Crippen LogP contribution in [0.25, 0.3) is 11.0 Å². The SMILES string of the molecule is Nc1ccc2nc(OC3CCCCC3)[nH]c2c1. The Kier molecular flexibility index (Phi) is 2.63. The summed E-state index contributed by atoms with van der Waals surface area (Å²) in [6, 6.07) is 6.27. The smallest absolute Gasteiger partial charge is 0.294 e. The van der Waals surface area contributed by atoms with E-state index in [1.807, 2.05) is 18.2 Å². The summed E-state index contributed by atoms with van der Waals surface area (Å²) < 4.78 is 5.87. The van der Waals surface area contributed by atoms with Crippen LogP contribution in [0, 0.1) is 0 Å². The lowest BCUT2D eigenvalue weighted by atomic mass is 9.98. The van der Waals surface area contributed by atoms with Crippen LogP contribution in [-0.4, -0.2) is 16.1 Å². The van der Waals surface area contributed by atoms with Crippen LogP contribution >= 0.6 is 0 Å². The quantitative estimate of drug-likeness (QED) is 0.781. The molecular weight excluding hydrogens is 214 g/mol. The van der Waals surface area contributed by atoms with Crippen molar-refractivity contribution >= 4 is 16.7 Å². The van der Waals surface area contributed by atoms with Crippen LogP contribution in [-0.2, 0) is 0 Å². The summed E-state index contributed by atoms with van der Waals surface area (Å²) in [5, 5.41) is 0. The standard InChI is InChI=1S/C13H17N3O/c14-9-6-7-11-12(8-9)16-13(15-11)17-10-4-2-1-3-5-10/h6-8,10H,1-5,14H2,(H,15,16). The van der Waals surface area contributed by atoms with Gasteiger partial charge < -0.3 is 15.5 Å². The Balaban J connectivity index is 1.80. The van der Waals surface area contributed by atoms with Crippen LogP contribution in [0.3, 0.4) is 0 Å². The Morgan fingerprint density at radius 2 is 2.06 bits per heavy atom. The van der Waals surface area contributed by atoms with Gasteiger partial charge in [-0.25, -0.2) is 0 Å². The molecule has 0 unspecified atom stereocenters. The highest BCUT2D eigenvalue weighted by Crippen LogP contribution is 2.24. The van der Waals surface area contributed by atoms with E-state index in [0.717, 1.165) is 29.6 Å². The largest absolute Gasteiger partial charge is 0.461 e. The average Bonchev–Trinajstić information content (AvgIpc) is 2.71. The fourth-order valence-corrected chi connectivity index (χ4v) is 2.40. The van der Waals surface area contributed by atoms with Gasteiger partial charge in [-0.15, -0.1) is 0 Å². The fourth-order valence-electron chi connectivity index (χ4n) is 2.40. The molecule has 0 atom stereocenters. The summed E-state index contributed by atoms with van der Waals surface area (Å²) in [4.78, 5) is 7.58. The van der Waals surface area contributed by atoms with E-state index in [9.17, 15) is 0 Å². The van der Waals surface area contributed by atoms with E-state index in [1.165, 1.54) is 19.3 Å². The fraction of sp³-hybridized carbons (Fsp3) is 0.462. The second-order valence-electron chi connectivity index (χ2n) is 4.70. The third-order valence-electron chi connectivity index (χ3n) is 3.31. The minimum absolute atomic E-state index is 0.321. The van der Waals surface area contributed by atoms with Gasteiger partial charge in [0.15, 0.2) is 0 Å².